The molecule has 0 aromatic carbocycles. The topological polar surface area (TPSA) is 69.6 Å². The highest BCUT2D eigenvalue weighted by Gasteiger charge is 2.18. The van der Waals surface area contributed by atoms with Crippen LogP contribution in [-0.2, 0) is 4.79 Å². The molecule has 0 aliphatic rings. The molecule has 0 aliphatic heterocycles. The first-order valence-electron chi connectivity index (χ1n) is 34.3. The second kappa shape index (κ2) is 71.0. The minimum atomic E-state index is -0.896. The lowest BCUT2D eigenvalue weighted by molar-refractivity contribution is -0.123. The summed E-state index contributed by atoms with van der Waals surface area (Å²) in [6, 6.07) is -0.678. The third kappa shape index (κ3) is 66.5. The predicted molar refractivity (Wildman–Crippen MR) is 367 cm³/mol. The van der Waals surface area contributed by atoms with Gasteiger partial charge < -0.3 is 15.5 Å². The molecule has 1 amide bonds. The van der Waals surface area contributed by atoms with Crippen LogP contribution in [0.3, 0.4) is 0 Å². The Morgan fingerprint density at radius 3 is 0.854 bits per heavy atom. The van der Waals surface area contributed by atoms with Crippen LogP contribution in [0.25, 0.3) is 0 Å². The highest BCUT2D eigenvalue weighted by Crippen LogP contribution is 2.17. The van der Waals surface area contributed by atoms with Crippen LogP contribution < -0.4 is 5.32 Å². The highest BCUT2D eigenvalue weighted by atomic mass is 16.3. The summed E-state index contributed by atoms with van der Waals surface area (Å²) in [6.45, 7) is 4.18. The smallest absolute Gasteiger partial charge is 0.220 e. The third-order valence-electron chi connectivity index (χ3n) is 14.7. The van der Waals surface area contributed by atoms with Crippen molar-refractivity contribution in [2.24, 2.45) is 0 Å². The summed E-state index contributed by atoms with van der Waals surface area (Å²) in [7, 11) is 0. The lowest BCUT2D eigenvalue weighted by Gasteiger charge is -2.19. The van der Waals surface area contributed by atoms with Gasteiger partial charge in [-0.2, -0.15) is 0 Å². The van der Waals surface area contributed by atoms with Crippen LogP contribution in [0.2, 0.25) is 0 Å². The normalized spacial score (nSPS) is 13.9. The van der Waals surface area contributed by atoms with Gasteiger partial charge in [0.25, 0.3) is 0 Å². The minimum Gasteiger partial charge on any atom is -0.394 e. The van der Waals surface area contributed by atoms with Gasteiger partial charge in [-0.25, -0.2) is 0 Å². The Kier molecular flexibility index (Phi) is 67.3. The van der Waals surface area contributed by atoms with Gasteiger partial charge in [0, 0.05) is 6.42 Å². The van der Waals surface area contributed by atoms with E-state index in [0.29, 0.717) is 6.42 Å². The van der Waals surface area contributed by atoms with Crippen LogP contribution >= 0.6 is 0 Å². The molecular weight excluding hydrogens is 999 g/mol. The summed E-state index contributed by atoms with van der Waals surface area (Å²) < 4.78 is 0. The van der Waals surface area contributed by atoms with Gasteiger partial charge in [-0.15, -0.1) is 0 Å². The molecule has 0 aliphatic carbocycles. The van der Waals surface area contributed by atoms with E-state index < -0.39 is 12.1 Å². The van der Waals surface area contributed by atoms with Crippen molar-refractivity contribution in [1.29, 1.82) is 0 Å². The minimum absolute atomic E-state index is 0.120. The maximum Gasteiger partial charge on any atom is 0.220 e. The molecule has 0 bridgehead atoms. The van der Waals surface area contributed by atoms with Crippen LogP contribution in [0.1, 0.15) is 296 Å². The van der Waals surface area contributed by atoms with Crippen LogP contribution in [0, 0.1) is 0 Å². The van der Waals surface area contributed by atoms with Gasteiger partial charge >= 0.3 is 0 Å². The Bertz CT molecular complexity index is 1760. The van der Waals surface area contributed by atoms with Gasteiger partial charge in [0.15, 0.2) is 0 Å². The number of aliphatic hydroxyl groups is 2. The van der Waals surface area contributed by atoms with E-state index in [1.807, 2.05) is 6.08 Å². The molecule has 0 saturated heterocycles. The third-order valence-corrected chi connectivity index (χ3v) is 14.7. The van der Waals surface area contributed by atoms with Gasteiger partial charge in [0.2, 0.25) is 5.91 Å². The molecule has 0 aromatic rings. The number of amides is 1. The zero-order chi connectivity index (χ0) is 59.1. The monoisotopic (exact) mass is 1130 g/mol. The van der Waals surface area contributed by atoms with Crippen molar-refractivity contribution in [3.05, 3.63) is 170 Å². The van der Waals surface area contributed by atoms with Crippen LogP contribution in [0.15, 0.2) is 170 Å². The summed E-state index contributed by atoms with van der Waals surface area (Å²) in [4.78, 5) is 12.5. The average molecular weight is 1130 g/mol. The number of carbonyl (C=O) groups excluding carboxylic acids is 1. The van der Waals surface area contributed by atoms with E-state index in [1.165, 1.54) is 161 Å². The van der Waals surface area contributed by atoms with Crippen molar-refractivity contribution in [2.75, 3.05) is 6.61 Å². The standard InChI is InChI=1S/C78H129NO3/c1-3-5-7-9-11-13-15-17-19-21-23-25-27-29-31-33-35-36-37-38-39-40-41-42-44-46-48-50-52-54-56-58-60-62-64-66-68-70-72-74-78(82)79-76(75-80)77(81)73-71-69-67-65-63-61-59-57-55-53-51-49-47-45-43-34-32-30-28-26-24-22-20-18-16-14-12-10-8-6-4-2/h5,7,11,13,17,19,23,25,29,31,35-36,38-39,41-42,46,48,52,54,58,60,63-66,71,73,76-77,80-81H,3-4,6,8-10,12,14-16,18,20-22,24,26-28,30,32-34,37,40,43-45,47,49-51,53,55-57,59,61-62,67-70,72,74-75H2,1-2H3,(H,79,82)/b7-5-,13-11-,19-17-,25-23-,31-29-,36-35-,39-38-,42-41-,48-46-,54-52-,60-58-,65-63+,66-64-,73-71+. The van der Waals surface area contributed by atoms with Crippen LogP contribution in [0.4, 0.5) is 0 Å². The summed E-state index contributed by atoms with van der Waals surface area (Å²) in [6.07, 6.45) is 114. The van der Waals surface area contributed by atoms with Crippen LogP contribution in [0.5, 0.6) is 0 Å². The molecular formula is C78H129NO3. The quantitative estimate of drug-likeness (QED) is 0.0420. The second-order valence-electron chi connectivity index (χ2n) is 22.5. The van der Waals surface area contributed by atoms with Crippen molar-refractivity contribution in [2.45, 2.75) is 309 Å². The second-order valence-corrected chi connectivity index (χ2v) is 22.5. The van der Waals surface area contributed by atoms with E-state index in [4.69, 9.17) is 0 Å². The molecule has 464 valence electrons. The van der Waals surface area contributed by atoms with E-state index in [0.717, 1.165) is 116 Å². The maximum atomic E-state index is 12.5. The van der Waals surface area contributed by atoms with Crippen molar-refractivity contribution in [1.82, 2.24) is 5.32 Å². The number of allylic oxidation sites excluding steroid dienone is 27. The summed E-state index contributed by atoms with van der Waals surface area (Å²) >= 11 is 0. The summed E-state index contributed by atoms with van der Waals surface area (Å²) in [5.41, 5.74) is 0. The van der Waals surface area contributed by atoms with E-state index in [1.54, 1.807) is 6.08 Å². The molecule has 0 rings (SSSR count). The molecule has 0 heterocycles. The van der Waals surface area contributed by atoms with E-state index in [2.05, 4.69) is 177 Å². The number of hydrogen-bond donors (Lipinski definition) is 3. The first kappa shape index (κ1) is 77.8. The Hall–Kier alpha value is -4.25. The first-order chi connectivity index (χ1) is 40.7. The molecule has 0 aromatic heterocycles. The Morgan fingerprint density at radius 2 is 0.549 bits per heavy atom. The number of carbonyl (C=O) groups is 1. The zero-order valence-electron chi connectivity index (χ0n) is 53.4. The fourth-order valence-electron chi connectivity index (χ4n) is 9.53. The molecule has 4 heteroatoms. The zero-order valence-corrected chi connectivity index (χ0v) is 53.4. The SMILES string of the molecule is CC/C=C\C/C=C\C/C=C\C/C=C\C/C=C\C/C=C\C/C=C\C/C=C\C/C=C\C/C=C\C/C=C\C/C=C\CCCCC(=O)NC(CO)C(O)/C=C/CC/C=C/CCCCCCCCCCCCCCCCCCCCCCCCCCC. The molecule has 2 unspecified atom stereocenters. The lowest BCUT2D eigenvalue weighted by atomic mass is 10.0. The van der Waals surface area contributed by atoms with Crippen molar-refractivity contribution >= 4 is 5.91 Å². The van der Waals surface area contributed by atoms with Gasteiger partial charge in [-0.05, 0) is 122 Å². The van der Waals surface area contributed by atoms with Crippen molar-refractivity contribution in [3.63, 3.8) is 0 Å². The molecule has 4 nitrogen and oxygen atoms in total. The Labute approximate surface area is 508 Å². The van der Waals surface area contributed by atoms with E-state index >= 15 is 0 Å². The largest absolute Gasteiger partial charge is 0.394 e. The van der Waals surface area contributed by atoms with Crippen molar-refractivity contribution in [3.8, 4) is 0 Å². The molecule has 0 fully saturated rings. The fraction of sp³-hybridized carbons (Fsp3) is 0.628. The average Bonchev–Trinajstić information content (AvgIpc) is 3.50. The van der Waals surface area contributed by atoms with Gasteiger partial charge in [-0.1, -0.05) is 338 Å². The summed E-state index contributed by atoms with van der Waals surface area (Å²) in [5, 5.41) is 23.2. The predicted octanol–water partition coefficient (Wildman–Crippen LogP) is 23.8. The molecule has 2 atom stereocenters. The van der Waals surface area contributed by atoms with Gasteiger partial charge in [-0.3, -0.25) is 4.79 Å². The lowest BCUT2D eigenvalue weighted by Crippen LogP contribution is -2.45. The fourth-order valence-corrected chi connectivity index (χ4v) is 9.53. The first-order valence-corrected chi connectivity index (χ1v) is 34.3. The maximum absolute atomic E-state index is 12.5. The number of rotatable bonds is 61. The summed E-state index contributed by atoms with van der Waals surface area (Å²) in [5.74, 6) is -0.120. The Morgan fingerprint density at radius 1 is 0.305 bits per heavy atom. The van der Waals surface area contributed by atoms with Gasteiger partial charge in [0.1, 0.15) is 0 Å². The van der Waals surface area contributed by atoms with Crippen molar-refractivity contribution < 1.29 is 15.0 Å². The van der Waals surface area contributed by atoms with Crippen LogP contribution in [-0.4, -0.2) is 34.9 Å². The highest BCUT2D eigenvalue weighted by molar-refractivity contribution is 5.76. The number of nitrogens with one attached hydrogen (secondary N) is 1. The Balaban J connectivity index is 3.68. The molecule has 3 N–H and O–H groups in total. The number of unbranched alkanes of at least 4 members (excludes halogenated alkanes) is 28. The number of aliphatic hydroxyl groups excluding tert-OH is 2. The molecule has 82 heavy (non-hydrogen) atoms. The van der Waals surface area contributed by atoms with E-state index in [-0.39, 0.29) is 12.5 Å². The number of hydrogen-bond acceptors (Lipinski definition) is 3. The molecule has 0 saturated carbocycles. The van der Waals surface area contributed by atoms with E-state index in [9.17, 15) is 15.0 Å². The molecule has 0 radical (unpaired) electrons. The molecule has 0 spiro atoms. The van der Waals surface area contributed by atoms with Gasteiger partial charge in [0.05, 0.1) is 18.8 Å².